The fourth-order valence-electron chi connectivity index (χ4n) is 2.15. The third kappa shape index (κ3) is 3.50. The molecule has 2 rings (SSSR count). The molecule has 0 heterocycles. The van der Waals surface area contributed by atoms with Gasteiger partial charge in [-0.3, -0.25) is 0 Å². The Kier molecular flexibility index (Phi) is 4.87. The Labute approximate surface area is 124 Å². The fraction of sp³-hybridized carbons (Fsp3) is 0.250. The monoisotopic (exact) mass is 293 g/mol. The van der Waals surface area contributed by atoms with Crippen molar-refractivity contribution in [1.29, 1.82) is 0 Å². The predicted molar refractivity (Wildman–Crippen MR) is 83.1 cm³/mol. The number of hydrogen-bond acceptors (Lipinski definition) is 1. The van der Waals surface area contributed by atoms with E-state index < -0.39 is 0 Å². The van der Waals surface area contributed by atoms with Crippen molar-refractivity contribution < 1.29 is 0 Å². The van der Waals surface area contributed by atoms with Crippen LogP contribution in [-0.2, 0) is 6.42 Å². The van der Waals surface area contributed by atoms with E-state index in [1.807, 2.05) is 25.2 Å². The molecule has 0 aliphatic carbocycles. The van der Waals surface area contributed by atoms with Crippen molar-refractivity contribution in [3.8, 4) is 0 Å². The fourth-order valence-corrected chi connectivity index (χ4v) is 2.81. The van der Waals surface area contributed by atoms with Gasteiger partial charge in [0.2, 0.25) is 0 Å². The summed E-state index contributed by atoms with van der Waals surface area (Å²) >= 11 is 12.5. The number of likely N-dealkylation sites (N-methyl/N-ethyl adjacent to an activating group) is 1. The van der Waals surface area contributed by atoms with E-state index in [0.717, 1.165) is 12.0 Å². The van der Waals surface area contributed by atoms with Crippen LogP contribution in [0.25, 0.3) is 0 Å². The highest BCUT2D eigenvalue weighted by Gasteiger charge is 2.16. The lowest BCUT2D eigenvalue weighted by molar-refractivity contribution is 0.592. The molecule has 0 aromatic heterocycles. The van der Waals surface area contributed by atoms with Crippen LogP contribution in [0.3, 0.4) is 0 Å². The first-order chi connectivity index (χ1) is 9.11. The molecular weight excluding hydrogens is 277 g/mol. The summed E-state index contributed by atoms with van der Waals surface area (Å²) in [4.78, 5) is 0. The number of rotatable bonds is 4. The molecule has 100 valence electrons. The highest BCUT2D eigenvalue weighted by Crippen LogP contribution is 2.31. The molecule has 19 heavy (non-hydrogen) atoms. The molecule has 1 unspecified atom stereocenters. The Bertz CT molecular complexity index is 529. The van der Waals surface area contributed by atoms with E-state index in [-0.39, 0.29) is 6.04 Å². The summed E-state index contributed by atoms with van der Waals surface area (Å²) in [7, 11) is 1.93. The van der Waals surface area contributed by atoms with E-state index in [0.29, 0.717) is 10.0 Å². The number of aryl methyl sites for hydroxylation is 1. The molecule has 1 atom stereocenters. The molecule has 0 radical (unpaired) electrons. The first-order valence-corrected chi connectivity index (χ1v) is 7.04. The van der Waals surface area contributed by atoms with Gasteiger partial charge in [0.1, 0.15) is 0 Å². The molecule has 1 nitrogen and oxygen atoms in total. The Morgan fingerprint density at radius 1 is 1.00 bits per heavy atom. The van der Waals surface area contributed by atoms with Crippen molar-refractivity contribution in [2.24, 2.45) is 0 Å². The smallest absolute Gasteiger partial charge is 0.0468 e. The van der Waals surface area contributed by atoms with Crippen LogP contribution in [0.15, 0.2) is 42.5 Å². The average molecular weight is 294 g/mol. The van der Waals surface area contributed by atoms with Crippen molar-refractivity contribution in [3.05, 3.63) is 69.2 Å². The summed E-state index contributed by atoms with van der Waals surface area (Å²) in [6.45, 7) is 2.09. The van der Waals surface area contributed by atoms with Gasteiger partial charge in [0.25, 0.3) is 0 Å². The molecule has 0 saturated carbocycles. The van der Waals surface area contributed by atoms with E-state index >= 15 is 0 Å². The van der Waals surface area contributed by atoms with Crippen molar-refractivity contribution in [3.63, 3.8) is 0 Å². The minimum atomic E-state index is 0.115. The van der Waals surface area contributed by atoms with Crippen molar-refractivity contribution in [2.75, 3.05) is 7.05 Å². The Morgan fingerprint density at radius 3 is 2.11 bits per heavy atom. The number of benzene rings is 2. The van der Waals surface area contributed by atoms with Gasteiger partial charge in [-0.2, -0.15) is 0 Å². The largest absolute Gasteiger partial charge is 0.313 e. The van der Waals surface area contributed by atoms with Crippen molar-refractivity contribution >= 4 is 23.2 Å². The van der Waals surface area contributed by atoms with Gasteiger partial charge in [0.15, 0.2) is 0 Å². The molecule has 0 fully saturated rings. The number of nitrogens with one attached hydrogen (secondary N) is 1. The average Bonchev–Trinajstić information content (AvgIpc) is 2.39. The van der Waals surface area contributed by atoms with Crippen molar-refractivity contribution in [2.45, 2.75) is 19.4 Å². The van der Waals surface area contributed by atoms with Gasteiger partial charge >= 0.3 is 0 Å². The number of hydrogen-bond donors (Lipinski definition) is 1. The molecule has 0 saturated heterocycles. The topological polar surface area (TPSA) is 12.0 Å². The second-order valence-electron chi connectivity index (χ2n) is 4.67. The van der Waals surface area contributed by atoms with Gasteiger partial charge in [0.05, 0.1) is 0 Å². The Hall–Kier alpha value is -1.02. The predicted octanol–water partition coefficient (Wildman–Crippen LogP) is 4.81. The zero-order chi connectivity index (χ0) is 13.8. The van der Waals surface area contributed by atoms with E-state index in [2.05, 4.69) is 36.5 Å². The lowest BCUT2D eigenvalue weighted by Gasteiger charge is -2.19. The normalized spacial score (nSPS) is 12.4. The van der Waals surface area contributed by atoms with Gasteiger partial charge in [-0.1, -0.05) is 59.1 Å². The maximum Gasteiger partial charge on any atom is 0.0468 e. The summed E-state index contributed by atoms with van der Waals surface area (Å²) in [6, 6.07) is 14.3. The quantitative estimate of drug-likeness (QED) is 0.853. The van der Waals surface area contributed by atoms with E-state index in [1.165, 1.54) is 11.1 Å². The van der Waals surface area contributed by atoms with Gasteiger partial charge in [-0.15, -0.1) is 0 Å². The SMILES string of the molecule is CNC(Cc1ccc(C)cc1)c1c(Cl)cccc1Cl. The summed E-state index contributed by atoms with van der Waals surface area (Å²) in [5.74, 6) is 0. The standard InChI is InChI=1S/C16H17Cl2N/c1-11-6-8-12(9-7-11)10-15(19-2)16-13(17)4-3-5-14(16)18/h3-9,15,19H,10H2,1-2H3. The van der Waals surface area contributed by atoms with Gasteiger partial charge in [-0.25, -0.2) is 0 Å². The van der Waals surface area contributed by atoms with Crippen LogP contribution in [-0.4, -0.2) is 7.05 Å². The van der Waals surface area contributed by atoms with Crippen LogP contribution in [0, 0.1) is 6.92 Å². The second-order valence-corrected chi connectivity index (χ2v) is 5.48. The highest BCUT2D eigenvalue weighted by molar-refractivity contribution is 6.36. The summed E-state index contributed by atoms with van der Waals surface area (Å²) < 4.78 is 0. The van der Waals surface area contributed by atoms with Gasteiger partial charge in [-0.05, 0) is 38.1 Å². The zero-order valence-corrected chi connectivity index (χ0v) is 12.6. The Morgan fingerprint density at radius 2 is 1.58 bits per heavy atom. The zero-order valence-electron chi connectivity index (χ0n) is 11.1. The third-order valence-corrected chi connectivity index (χ3v) is 3.92. The van der Waals surface area contributed by atoms with Crippen molar-refractivity contribution in [1.82, 2.24) is 5.32 Å². The molecule has 1 N–H and O–H groups in total. The summed E-state index contributed by atoms with van der Waals surface area (Å²) in [5.41, 5.74) is 3.50. The maximum atomic E-state index is 6.27. The molecule has 2 aromatic rings. The summed E-state index contributed by atoms with van der Waals surface area (Å²) in [6.07, 6.45) is 0.861. The van der Waals surface area contributed by atoms with Crippen LogP contribution in [0.2, 0.25) is 10.0 Å². The molecule has 0 amide bonds. The van der Waals surface area contributed by atoms with E-state index in [4.69, 9.17) is 23.2 Å². The maximum absolute atomic E-state index is 6.27. The molecule has 3 heteroatoms. The van der Waals surface area contributed by atoms with E-state index in [1.54, 1.807) is 0 Å². The lowest BCUT2D eigenvalue weighted by atomic mass is 9.98. The molecule has 2 aromatic carbocycles. The molecule has 0 bridgehead atoms. The highest BCUT2D eigenvalue weighted by atomic mass is 35.5. The lowest BCUT2D eigenvalue weighted by Crippen LogP contribution is -2.19. The first-order valence-electron chi connectivity index (χ1n) is 6.28. The van der Waals surface area contributed by atoms with E-state index in [9.17, 15) is 0 Å². The molecule has 0 aliphatic rings. The van der Waals surface area contributed by atoms with Crippen LogP contribution in [0.5, 0.6) is 0 Å². The van der Waals surface area contributed by atoms with Crippen LogP contribution >= 0.6 is 23.2 Å². The first kappa shape index (κ1) is 14.4. The van der Waals surface area contributed by atoms with Gasteiger partial charge < -0.3 is 5.32 Å². The molecule has 0 aliphatic heterocycles. The molecule has 0 spiro atoms. The van der Waals surface area contributed by atoms with Crippen LogP contribution < -0.4 is 5.32 Å². The van der Waals surface area contributed by atoms with Gasteiger partial charge in [0, 0.05) is 21.7 Å². The van der Waals surface area contributed by atoms with Crippen LogP contribution in [0.4, 0.5) is 0 Å². The second kappa shape index (κ2) is 6.42. The number of halogens is 2. The third-order valence-electron chi connectivity index (χ3n) is 3.26. The molecular formula is C16H17Cl2N. The Balaban J connectivity index is 2.27. The minimum absolute atomic E-state index is 0.115. The minimum Gasteiger partial charge on any atom is -0.313 e. The summed E-state index contributed by atoms with van der Waals surface area (Å²) in [5, 5.41) is 4.71. The van der Waals surface area contributed by atoms with Crippen LogP contribution in [0.1, 0.15) is 22.7 Å².